The summed E-state index contributed by atoms with van der Waals surface area (Å²) in [5.74, 6) is 0. The number of nitriles is 4. The molecular weight excluding hydrogens is 521 g/mol. The number of nitrogens with zero attached hydrogens (tertiary/aromatic N) is 4. The van der Waals surface area contributed by atoms with E-state index in [1.807, 2.05) is 97.1 Å². The minimum Gasteiger partial charge on any atom is -0.192 e. The van der Waals surface area contributed by atoms with Crippen molar-refractivity contribution in [3.8, 4) is 24.3 Å². The Hall–Kier alpha value is -3.76. The molecule has 4 nitrogen and oxygen atoms in total. The van der Waals surface area contributed by atoms with Crippen molar-refractivity contribution in [1.29, 1.82) is 21.0 Å². The van der Waals surface area contributed by atoms with E-state index in [1.54, 1.807) is 43.2 Å². The van der Waals surface area contributed by atoms with Crippen LogP contribution in [0.1, 0.15) is 22.3 Å². The summed E-state index contributed by atoms with van der Waals surface area (Å²) in [6, 6.07) is 38.3. The van der Waals surface area contributed by atoms with Crippen LogP contribution in [-0.2, 0) is 0 Å². The van der Waals surface area contributed by atoms with Crippen molar-refractivity contribution in [1.82, 2.24) is 0 Å². The number of hydrogen-bond donors (Lipinski definition) is 0. The summed E-state index contributed by atoms with van der Waals surface area (Å²) in [5, 5.41) is 34.8. The number of rotatable bonds is 6. The minimum absolute atomic E-state index is 0.669. The Bertz CT molecular complexity index is 1210. The van der Waals surface area contributed by atoms with Gasteiger partial charge in [0, 0.05) is 19.6 Å². The van der Waals surface area contributed by atoms with Crippen molar-refractivity contribution in [3.63, 3.8) is 0 Å². The standard InChI is InChI=1S/2C14H8N2S2/c2*15-9-11-1-5-13(6-2-11)17-18-14-7-3-12(10-16)4-8-14/h2*1-8H. The van der Waals surface area contributed by atoms with E-state index >= 15 is 0 Å². The van der Waals surface area contributed by atoms with E-state index in [2.05, 4.69) is 24.3 Å². The van der Waals surface area contributed by atoms with Crippen LogP contribution in [0.2, 0.25) is 0 Å². The molecule has 0 unspecified atom stereocenters. The van der Waals surface area contributed by atoms with Gasteiger partial charge in [0.2, 0.25) is 0 Å². The molecule has 8 heteroatoms. The molecule has 0 aliphatic carbocycles. The van der Waals surface area contributed by atoms with E-state index in [9.17, 15) is 0 Å². The first-order chi connectivity index (χ1) is 17.6. The molecule has 0 saturated carbocycles. The predicted molar refractivity (Wildman–Crippen MR) is 148 cm³/mol. The van der Waals surface area contributed by atoms with Crippen LogP contribution in [0.15, 0.2) is 117 Å². The minimum atomic E-state index is 0.669. The Morgan fingerprint density at radius 3 is 0.611 bits per heavy atom. The normalized spacial score (nSPS) is 9.44. The molecule has 0 aromatic heterocycles. The van der Waals surface area contributed by atoms with Gasteiger partial charge in [0.05, 0.1) is 46.5 Å². The zero-order valence-corrected chi connectivity index (χ0v) is 21.9. The van der Waals surface area contributed by atoms with E-state index in [1.165, 1.54) is 0 Å². The fourth-order valence-corrected chi connectivity index (χ4v) is 6.39. The summed E-state index contributed by atoms with van der Waals surface area (Å²) in [7, 11) is 6.52. The maximum Gasteiger partial charge on any atom is 0.0991 e. The first kappa shape index (κ1) is 26.8. The molecule has 0 saturated heterocycles. The predicted octanol–water partition coefficient (Wildman–Crippen LogP) is 8.46. The van der Waals surface area contributed by atoms with Gasteiger partial charge < -0.3 is 0 Å². The topological polar surface area (TPSA) is 95.2 Å². The highest BCUT2D eigenvalue weighted by Gasteiger charge is 2.00. The average Bonchev–Trinajstić information content (AvgIpc) is 2.96. The lowest BCUT2D eigenvalue weighted by molar-refractivity contribution is 1.41. The summed E-state index contributed by atoms with van der Waals surface area (Å²) in [6.45, 7) is 0. The van der Waals surface area contributed by atoms with Gasteiger partial charge in [-0.1, -0.05) is 43.2 Å². The van der Waals surface area contributed by atoms with Gasteiger partial charge in [-0.15, -0.1) is 0 Å². The fraction of sp³-hybridized carbons (Fsp3) is 0. The molecule has 0 aliphatic heterocycles. The number of hydrogen-bond acceptors (Lipinski definition) is 8. The molecule has 4 aromatic rings. The third-order valence-corrected chi connectivity index (χ3v) is 9.24. The zero-order valence-electron chi connectivity index (χ0n) is 18.7. The Morgan fingerprint density at radius 2 is 0.472 bits per heavy atom. The van der Waals surface area contributed by atoms with Gasteiger partial charge in [0.25, 0.3) is 0 Å². The van der Waals surface area contributed by atoms with Crippen molar-refractivity contribution in [2.75, 3.05) is 0 Å². The summed E-state index contributed by atoms with van der Waals surface area (Å²) in [5.41, 5.74) is 2.68. The van der Waals surface area contributed by atoms with Crippen LogP contribution in [0.4, 0.5) is 0 Å². The van der Waals surface area contributed by atoms with Gasteiger partial charge in [-0.2, -0.15) is 21.0 Å². The van der Waals surface area contributed by atoms with Crippen LogP contribution in [0.3, 0.4) is 0 Å². The summed E-state index contributed by atoms with van der Waals surface area (Å²) < 4.78 is 0. The van der Waals surface area contributed by atoms with Gasteiger partial charge in [-0.05, 0) is 97.1 Å². The average molecular weight is 537 g/mol. The largest absolute Gasteiger partial charge is 0.192 e. The van der Waals surface area contributed by atoms with E-state index in [4.69, 9.17) is 21.0 Å². The van der Waals surface area contributed by atoms with Gasteiger partial charge >= 0.3 is 0 Å². The highest BCUT2D eigenvalue weighted by atomic mass is 33.1. The molecule has 0 atom stereocenters. The second-order valence-corrected chi connectivity index (χ2v) is 11.4. The molecule has 4 aromatic carbocycles. The van der Waals surface area contributed by atoms with Crippen LogP contribution in [0.5, 0.6) is 0 Å². The van der Waals surface area contributed by atoms with Crippen LogP contribution < -0.4 is 0 Å². The van der Waals surface area contributed by atoms with Crippen LogP contribution >= 0.6 is 43.2 Å². The third kappa shape index (κ3) is 8.79. The smallest absolute Gasteiger partial charge is 0.0991 e. The highest BCUT2D eigenvalue weighted by molar-refractivity contribution is 8.77. The van der Waals surface area contributed by atoms with E-state index in [0.717, 1.165) is 19.6 Å². The summed E-state index contributed by atoms with van der Waals surface area (Å²) in [6.07, 6.45) is 0. The molecule has 0 heterocycles. The maximum atomic E-state index is 8.70. The monoisotopic (exact) mass is 536 g/mol. The second-order valence-electron chi connectivity index (χ2n) is 6.88. The lowest BCUT2D eigenvalue weighted by Gasteiger charge is -2.01. The Kier molecular flexibility index (Phi) is 10.9. The van der Waals surface area contributed by atoms with Crippen molar-refractivity contribution < 1.29 is 0 Å². The Labute approximate surface area is 226 Å². The molecule has 0 fully saturated rings. The summed E-state index contributed by atoms with van der Waals surface area (Å²) >= 11 is 0. The van der Waals surface area contributed by atoms with Crippen LogP contribution in [-0.4, -0.2) is 0 Å². The molecule has 0 spiro atoms. The van der Waals surface area contributed by atoms with Crippen molar-refractivity contribution in [2.45, 2.75) is 19.6 Å². The Balaban J connectivity index is 0.000000201. The van der Waals surface area contributed by atoms with Crippen LogP contribution in [0.25, 0.3) is 0 Å². The molecule has 0 radical (unpaired) electrons. The van der Waals surface area contributed by atoms with E-state index in [0.29, 0.717) is 22.3 Å². The van der Waals surface area contributed by atoms with Gasteiger partial charge in [0.15, 0.2) is 0 Å². The molecule has 36 heavy (non-hydrogen) atoms. The zero-order chi connectivity index (χ0) is 25.6. The van der Waals surface area contributed by atoms with Gasteiger partial charge in [-0.25, -0.2) is 0 Å². The number of benzene rings is 4. The van der Waals surface area contributed by atoms with Crippen molar-refractivity contribution in [3.05, 3.63) is 119 Å². The first-order valence-corrected chi connectivity index (χ1v) is 14.6. The lowest BCUT2D eigenvalue weighted by atomic mass is 10.2. The van der Waals surface area contributed by atoms with Gasteiger partial charge in [0.1, 0.15) is 0 Å². The molecule has 0 amide bonds. The molecule has 4 rings (SSSR count). The maximum absolute atomic E-state index is 8.70. The molecule has 172 valence electrons. The molecular formula is C28H16N4S4. The highest BCUT2D eigenvalue weighted by Crippen LogP contribution is 2.38. The van der Waals surface area contributed by atoms with Crippen molar-refractivity contribution >= 4 is 43.2 Å². The van der Waals surface area contributed by atoms with Gasteiger partial charge in [-0.3, -0.25) is 0 Å². The molecule has 0 aliphatic rings. The SMILES string of the molecule is N#Cc1ccc(SSc2ccc(C#N)cc2)cc1.N#Cc1ccc(SSc2ccc(C#N)cc2)cc1. The first-order valence-electron chi connectivity index (χ1n) is 10.3. The molecule has 0 N–H and O–H groups in total. The molecule has 0 bridgehead atoms. The lowest BCUT2D eigenvalue weighted by Crippen LogP contribution is -1.74. The second kappa shape index (κ2) is 14.6. The van der Waals surface area contributed by atoms with Crippen molar-refractivity contribution in [2.24, 2.45) is 0 Å². The third-order valence-electron chi connectivity index (χ3n) is 4.40. The quantitative estimate of drug-likeness (QED) is 0.226. The fourth-order valence-electron chi connectivity index (χ4n) is 2.53. The van der Waals surface area contributed by atoms with E-state index in [-0.39, 0.29) is 0 Å². The Morgan fingerprint density at radius 1 is 0.306 bits per heavy atom. The van der Waals surface area contributed by atoms with E-state index < -0.39 is 0 Å². The summed E-state index contributed by atoms with van der Waals surface area (Å²) in [4.78, 5) is 4.40. The van der Waals surface area contributed by atoms with Crippen LogP contribution in [0, 0.1) is 45.3 Å².